The van der Waals surface area contributed by atoms with Gasteiger partial charge in [-0.05, 0) is 193 Å². The van der Waals surface area contributed by atoms with Gasteiger partial charge in [-0.3, -0.25) is 24.3 Å². The topological polar surface area (TPSA) is 259 Å². The Morgan fingerprint density at radius 1 is 0.646 bits per heavy atom. The lowest BCUT2D eigenvalue weighted by molar-refractivity contribution is -0.146. The summed E-state index contributed by atoms with van der Waals surface area (Å²) in [5, 5.41) is 7.57. The average molecular weight is 1290 g/mol. The molecule has 3 amide bonds. The third-order valence-corrected chi connectivity index (χ3v) is 15.8. The van der Waals surface area contributed by atoms with E-state index >= 15 is 0 Å². The highest BCUT2D eigenvalue weighted by Crippen LogP contribution is 2.51. The van der Waals surface area contributed by atoms with Crippen molar-refractivity contribution in [2.75, 3.05) is 23.8 Å². The van der Waals surface area contributed by atoms with Crippen LogP contribution in [0.2, 0.25) is 0 Å². The number of likely N-dealkylation sites (tertiary alicyclic amines) is 3. The molecule has 8 N–H and O–H groups in total. The summed E-state index contributed by atoms with van der Waals surface area (Å²) in [7, 11) is 0. The van der Waals surface area contributed by atoms with Gasteiger partial charge in [0.1, 0.15) is 22.6 Å². The zero-order valence-corrected chi connectivity index (χ0v) is 51.3. The van der Waals surface area contributed by atoms with Gasteiger partial charge in [0.2, 0.25) is 0 Å². The summed E-state index contributed by atoms with van der Waals surface area (Å²) < 4.78 is 24.4. The van der Waals surface area contributed by atoms with Crippen molar-refractivity contribution in [3.05, 3.63) is 79.4 Å². The summed E-state index contributed by atoms with van der Waals surface area (Å²) in [6, 6.07) is 17.1. The quantitative estimate of drug-likeness (QED) is 0.0683. The molecule has 4 aromatic rings. The number of amides is 3. The Bertz CT molecular complexity index is 2760. The fourth-order valence-electron chi connectivity index (χ4n) is 11.3. The number of nitrogens with two attached hydrogens (primary N) is 3. The number of carbonyl (C=O) groups is 5. The third kappa shape index (κ3) is 17.0. The van der Waals surface area contributed by atoms with Gasteiger partial charge in [-0.25, -0.2) is 19.4 Å². The van der Waals surface area contributed by atoms with Gasteiger partial charge in [0.05, 0.1) is 34.5 Å². The summed E-state index contributed by atoms with van der Waals surface area (Å²) in [5.41, 5.74) is 19.9. The lowest BCUT2D eigenvalue weighted by atomic mass is 9.91. The number of Topliss-reactive ketones (excluding diaryl/α,β-unsaturated/α-hetero) is 1. The Kier molecular flexibility index (Phi) is 22.2. The van der Waals surface area contributed by atoms with Gasteiger partial charge in [0, 0.05) is 56.2 Å². The first kappa shape index (κ1) is 64.7. The van der Waals surface area contributed by atoms with Gasteiger partial charge in [-0.15, -0.1) is 0 Å². The van der Waals surface area contributed by atoms with Crippen LogP contribution in [-0.4, -0.2) is 114 Å². The van der Waals surface area contributed by atoms with E-state index in [1.807, 2.05) is 104 Å². The summed E-state index contributed by atoms with van der Waals surface area (Å²) in [5.74, 6) is 1.90. The van der Waals surface area contributed by atoms with Crippen molar-refractivity contribution in [3.8, 4) is 0 Å². The highest BCUT2D eigenvalue weighted by atomic mass is 79.9. The number of benzene rings is 3. The number of nitrogens with one attached hydrogen (secondary N) is 1. The standard InChI is InChI=1S/C19H25BrN2O3.C18H22BrN3O2.C12H19NO4.C6H7BrN2.C2H6O.CH4/c1-19(2,3)25-18(24)22-14-7-5-12(8-14)17(22)16(23)9-11-4-6-13(20)10-15(11)21;1-18(2,3)24-17(23)22-12-6-4-10(8-12)15(22)16-20-13-7-5-11(19)9-14(13)21-16;1-12(2,3)17-11(15)13-9-5-4-8(6-9)10(13)16-7-14;7-4-1-2-5(8)6(9)3-4;1-2-3;/h4,6,10,12,14,17H,5,7-9,21H2,1-3H3;5,7,9-10,12,15H,4,6,8H2,1-3H3,(H,20,21);7-10H,4-6H2,1-3H3;1-3H,8-9H2;3H,2H2,1H3;1H4/t12-,14+,17-;10-,12+,15-;8-,9+,10+;;;/m000.../s1. The van der Waals surface area contributed by atoms with E-state index in [2.05, 4.69) is 52.8 Å². The van der Waals surface area contributed by atoms with E-state index in [0.29, 0.717) is 29.5 Å². The Labute approximate surface area is 491 Å². The zero-order valence-electron chi connectivity index (χ0n) is 46.5. The van der Waals surface area contributed by atoms with Gasteiger partial charge in [0.15, 0.2) is 12.0 Å². The molecular weight excluding hydrogens is 1210 g/mol. The first-order valence-corrected chi connectivity index (χ1v) is 29.1. The summed E-state index contributed by atoms with van der Waals surface area (Å²) in [6.07, 6.45) is 7.85. The Morgan fingerprint density at radius 2 is 1.10 bits per heavy atom. The number of ketones is 1. The number of halogens is 3. The maximum atomic E-state index is 13.0. The van der Waals surface area contributed by atoms with Crippen LogP contribution in [0.3, 0.4) is 0 Å². The molecule has 18 nitrogen and oxygen atoms in total. The van der Waals surface area contributed by atoms with Crippen LogP contribution in [0, 0.1) is 17.8 Å². The van der Waals surface area contributed by atoms with E-state index in [1.54, 1.807) is 34.9 Å². The van der Waals surface area contributed by atoms with Crippen LogP contribution >= 0.6 is 47.8 Å². The number of fused-ring (bicyclic) bond motifs is 7. The molecule has 6 bridgehead atoms. The van der Waals surface area contributed by atoms with Crippen LogP contribution in [0.1, 0.15) is 152 Å². The highest BCUT2D eigenvalue weighted by molar-refractivity contribution is 9.11. The predicted molar refractivity (Wildman–Crippen MR) is 319 cm³/mol. The van der Waals surface area contributed by atoms with Crippen LogP contribution in [-0.2, 0) is 35.0 Å². The van der Waals surface area contributed by atoms with Crippen LogP contribution < -0.4 is 17.2 Å². The number of piperidine rings is 3. The number of anilines is 3. The molecule has 10 rings (SSSR count). The van der Waals surface area contributed by atoms with Crippen molar-refractivity contribution in [1.82, 2.24) is 24.7 Å². The molecule has 436 valence electrons. The molecule has 21 heteroatoms. The van der Waals surface area contributed by atoms with Gasteiger partial charge in [0.25, 0.3) is 6.47 Å². The number of aromatic amines is 1. The molecule has 3 aromatic carbocycles. The summed E-state index contributed by atoms with van der Waals surface area (Å²) >= 11 is 10.1. The molecule has 6 fully saturated rings. The van der Waals surface area contributed by atoms with Gasteiger partial charge in [-0.1, -0.05) is 61.3 Å². The highest BCUT2D eigenvalue weighted by Gasteiger charge is 2.54. The van der Waals surface area contributed by atoms with Crippen molar-refractivity contribution < 1.29 is 48.0 Å². The fourth-order valence-corrected chi connectivity index (χ4v) is 12.5. The lowest BCUT2D eigenvalue weighted by Crippen LogP contribution is -2.51. The lowest BCUT2D eigenvalue weighted by Gasteiger charge is -2.35. The van der Waals surface area contributed by atoms with Crippen molar-refractivity contribution >= 4 is 106 Å². The molecule has 9 atom stereocenters. The van der Waals surface area contributed by atoms with Crippen LogP contribution in [0.4, 0.5) is 31.4 Å². The van der Waals surface area contributed by atoms with Crippen molar-refractivity contribution in [2.24, 2.45) is 17.8 Å². The van der Waals surface area contributed by atoms with E-state index in [1.165, 1.54) is 0 Å². The van der Waals surface area contributed by atoms with E-state index < -0.39 is 29.1 Å². The second kappa shape index (κ2) is 27.1. The molecule has 6 aliphatic rings. The number of ether oxygens (including phenoxy) is 4. The molecule has 79 heavy (non-hydrogen) atoms. The van der Waals surface area contributed by atoms with E-state index in [4.69, 9.17) is 46.2 Å². The zero-order chi connectivity index (χ0) is 57.6. The van der Waals surface area contributed by atoms with Crippen molar-refractivity contribution in [2.45, 2.75) is 194 Å². The smallest absolute Gasteiger partial charge is 0.413 e. The van der Waals surface area contributed by atoms with Crippen LogP contribution in [0.25, 0.3) is 11.0 Å². The second-order valence-electron chi connectivity index (χ2n) is 23.7. The normalized spacial score (nSPS) is 24.1. The Hall–Kier alpha value is -5.12. The number of rotatable bonds is 6. The molecule has 0 unspecified atom stereocenters. The van der Waals surface area contributed by atoms with Gasteiger partial charge in [-0.2, -0.15) is 0 Å². The minimum Gasteiger partial charge on any atom is -0.444 e. The second-order valence-corrected chi connectivity index (χ2v) is 26.5. The largest absolute Gasteiger partial charge is 0.444 e. The number of aromatic nitrogens is 2. The molecule has 4 heterocycles. The fraction of sp³-hybridized carbons (Fsp3) is 0.586. The number of hydrogen-bond donors (Lipinski definition) is 5. The molecule has 1 aromatic heterocycles. The Morgan fingerprint density at radius 3 is 1.65 bits per heavy atom. The van der Waals surface area contributed by atoms with Crippen LogP contribution in [0.15, 0.2) is 68.0 Å². The van der Waals surface area contributed by atoms with E-state index in [9.17, 15) is 24.0 Å². The van der Waals surface area contributed by atoms with Gasteiger partial charge < -0.3 is 46.2 Å². The molecule has 0 radical (unpaired) electrons. The Balaban J connectivity index is 0.000000199. The van der Waals surface area contributed by atoms with Crippen molar-refractivity contribution in [1.29, 1.82) is 0 Å². The molecule has 3 saturated carbocycles. The van der Waals surface area contributed by atoms with E-state index in [-0.39, 0.29) is 80.5 Å². The number of aliphatic hydroxyl groups is 1. The molecule has 3 aliphatic carbocycles. The molecule has 3 aliphatic heterocycles. The maximum Gasteiger partial charge on any atom is 0.413 e. The first-order chi connectivity index (χ1) is 36.5. The van der Waals surface area contributed by atoms with E-state index in [0.717, 1.165) is 93.6 Å². The number of carbonyl (C=O) groups excluding carboxylic acids is 5. The van der Waals surface area contributed by atoms with Gasteiger partial charge >= 0.3 is 18.3 Å². The molecule has 3 saturated heterocycles. The first-order valence-electron chi connectivity index (χ1n) is 26.8. The number of hydrogen-bond acceptors (Lipinski definition) is 14. The number of nitrogens with zero attached hydrogens (tertiary/aromatic N) is 4. The number of H-pyrrole nitrogens is 1. The average Bonchev–Trinajstić information content (AvgIpc) is 4.38. The maximum absolute atomic E-state index is 13.0. The summed E-state index contributed by atoms with van der Waals surface area (Å²) in [4.78, 5) is 74.3. The summed E-state index contributed by atoms with van der Waals surface area (Å²) in [6.45, 7) is 19.1. The number of aliphatic hydroxyl groups excluding tert-OH is 1. The predicted octanol–water partition coefficient (Wildman–Crippen LogP) is 12.9. The van der Waals surface area contributed by atoms with Crippen molar-refractivity contribution in [3.63, 3.8) is 0 Å². The monoisotopic (exact) mass is 1290 g/mol. The number of imidazole rings is 1. The third-order valence-electron chi connectivity index (χ3n) is 14.3. The number of nitrogen functional groups attached to an aromatic ring is 3. The molecule has 0 spiro atoms. The minimum absolute atomic E-state index is 0. The van der Waals surface area contributed by atoms with Crippen LogP contribution in [0.5, 0.6) is 0 Å². The molecular formula is C58H83Br3N8O10. The SMILES string of the molecule is C.CC(C)(C)OC(=O)N1[C@@H]2CC[C@@H](C2)[C@H]1C(=O)Cc1ccc(Br)cc1N.CC(C)(C)OC(=O)N1[C@@H]2CC[C@@H](C2)[C@H]1OC=O.CC(C)(C)OC(=O)N1[C@@H]2CC[C@@H](C2)[C@H]1c1nc2ccc(Br)cc2[nH]1.CCO.Nc1ccc(Br)cc1N. The minimum atomic E-state index is -0.567.